The van der Waals surface area contributed by atoms with Crippen LogP contribution in [0, 0.1) is 10.1 Å². The Morgan fingerprint density at radius 1 is 1.12 bits per heavy atom. The van der Waals surface area contributed by atoms with Crippen molar-refractivity contribution in [3.63, 3.8) is 0 Å². The number of nitro groups is 1. The molecule has 26 heavy (non-hydrogen) atoms. The van der Waals surface area contributed by atoms with Crippen LogP contribution in [0.1, 0.15) is 27.0 Å². The molecule has 0 fully saturated rings. The van der Waals surface area contributed by atoms with Gasteiger partial charge in [0.2, 0.25) is 0 Å². The Hall–Kier alpha value is -3.39. The Labute approximate surface area is 152 Å². The molecule has 1 amide bonds. The van der Waals surface area contributed by atoms with Gasteiger partial charge in [0.05, 0.1) is 15.5 Å². The van der Waals surface area contributed by atoms with Gasteiger partial charge in [0, 0.05) is 30.2 Å². The Morgan fingerprint density at radius 2 is 1.85 bits per heavy atom. The van der Waals surface area contributed by atoms with E-state index in [0.717, 1.165) is 16.9 Å². The van der Waals surface area contributed by atoms with Crippen molar-refractivity contribution in [2.45, 2.75) is 6.92 Å². The maximum atomic E-state index is 12.4. The molecule has 0 bridgehead atoms. The van der Waals surface area contributed by atoms with Crippen molar-refractivity contribution in [3.8, 4) is 11.3 Å². The normalized spacial score (nSPS) is 10.3. The summed E-state index contributed by atoms with van der Waals surface area (Å²) in [6.45, 7) is 1.44. The summed E-state index contributed by atoms with van der Waals surface area (Å²) in [6.07, 6.45) is 0. The van der Waals surface area contributed by atoms with Crippen LogP contribution < -0.4 is 5.32 Å². The van der Waals surface area contributed by atoms with Crippen molar-refractivity contribution < 1.29 is 14.5 Å². The molecule has 0 unspecified atom stereocenters. The van der Waals surface area contributed by atoms with E-state index in [1.54, 1.807) is 0 Å². The summed E-state index contributed by atoms with van der Waals surface area (Å²) in [5.41, 5.74) is 1.23. The summed E-state index contributed by atoms with van der Waals surface area (Å²) in [7, 11) is 0. The van der Waals surface area contributed by atoms with Gasteiger partial charge in [0.1, 0.15) is 0 Å². The molecule has 0 saturated heterocycles. The number of nitrogens with zero attached hydrogens (tertiary/aromatic N) is 2. The second-order valence-electron chi connectivity index (χ2n) is 5.38. The number of benzene rings is 2. The van der Waals surface area contributed by atoms with E-state index in [4.69, 9.17) is 0 Å². The molecule has 2 aromatic carbocycles. The number of hydrogen-bond donors (Lipinski definition) is 1. The minimum absolute atomic E-state index is 0.139. The number of rotatable bonds is 5. The molecule has 0 aliphatic carbocycles. The topological polar surface area (TPSA) is 102 Å². The molecule has 7 nitrogen and oxygen atoms in total. The summed E-state index contributed by atoms with van der Waals surface area (Å²) in [5, 5.41) is 13.7. The van der Waals surface area contributed by atoms with E-state index in [1.165, 1.54) is 31.2 Å². The number of carbonyl (C=O) groups excluding carboxylic acids is 2. The molecule has 0 radical (unpaired) electrons. The number of Topliss-reactive ketones (excluding diaryl/α,β-unsaturated/α-hetero) is 1. The number of anilines is 1. The van der Waals surface area contributed by atoms with Crippen molar-refractivity contribution in [1.29, 1.82) is 0 Å². The van der Waals surface area contributed by atoms with Gasteiger partial charge in [-0.25, -0.2) is 4.98 Å². The molecular weight excluding hydrogens is 354 g/mol. The maximum Gasteiger partial charge on any atom is 0.270 e. The predicted molar refractivity (Wildman–Crippen MR) is 98.6 cm³/mol. The molecule has 3 aromatic rings. The zero-order chi connectivity index (χ0) is 18.7. The molecule has 3 rings (SSSR count). The largest absolute Gasteiger partial charge is 0.298 e. The van der Waals surface area contributed by atoms with Gasteiger partial charge >= 0.3 is 0 Å². The van der Waals surface area contributed by atoms with E-state index in [9.17, 15) is 19.7 Å². The van der Waals surface area contributed by atoms with Gasteiger partial charge in [-0.05, 0) is 6.07 Å². The first-order valence-electron chi connectivity index (χ1n) is 7.58. The predicted octanol–water partition coefficient (Wildman–Crippen LogP) is 4.17. The van der Waals surface area contributed by atoms with E-state index < -0.39 is 10.8 Å². The van der Waals surface area contributed by atoms with Crippen LogP contribution in [0.2, 0.25) is 0 Å². The van der Waals surface area contributed by atoms with Crippen LogP contribution in [0.5, 0.6) is 0 Å². The van der Waals surface area contributed by atoms with Gasteiger partial charge in [-0.2, -0.15) is 0 Å². The Bertz CT molecular complexity index is 999. The third-order valence-electron chi connectivity index (χ3n) is 3.53. The van der Waals surface area contributed by atoms with E-state index in [0.29, 0.717) is 10.6 Å². The lowest BCUT2D eigenvalue weighted by molar-refractivity contribution is -0.384. The number of aromatic nitrogens is 1. The van der Waals surface area contributed by atoms with Crippen molar-refractivity contribution >= 4 is 33.8 Å². The van der Waals surface area contributed by atoms with E-state index in [1.807, 2.05) is 30.3 Å². The number of ketones is 1. The highest BCUT2D eigenvalue weighted by Gasteiger charge is 2.19. The standard InChI is InChI=1S/C18H13N3O4S/c1-11(22)16-15(12-6-3-2-4-7-12)19-18(26-16)20-17(23)13-8-5-9-14(10-13)21(24)25/h2-10H,1H3,(H,19,20,23). The molecule has 1 aromatic heterocycles. The average molecular weight is 367 g/mol. The fraction of sp³-hybridized carbons (Fsp3) is 0.0556. The van der Waals surface area contributed by atoms with Crippen LogP contribution >= 0.6 is 11.3 Å². The third kappa shape index (κ3) is 3.65. The number of amides is 1. The summed E-state index contributed by atoms with van der Waals surface area (Å²) in [6, 6.07) is 14.6. The molecule has 8 heteroatoms. The Kier molecular flexibility index (Phi) is 4.85. The highest BCUT2D eigenvalue weighted by atomic mass is 32.1. The minimum Gasteiger partial charge on any atom is -0.298 e. The van der Waals surface area contributed by atoms with Gasteiger partial charge in [0.25, 0.3) is 11.6 Å². The SMILES string of the molecule is CC(=O)c1sc(NC(=O)c2cccc([N+](=O)[O-])c2)nc1-c1ccccc1. The number of carbonyl (C=O) groups is 2. The number of non-ortho nitro benzene ring substituents is 1. The molecule has 0 atom stereocenters. The fourth-order valence-electron chi connectivity index (χ4n) is 2.33. The first-order chi connectivity index (χ1) is 12.5. The van der Waals surface area contributed by atoms with Crippen molar-refractivity contribution in [1.82, 2.24) is 4.98 Å². The number of hydrogen-bond acceptors (Lipinski definition) is 6. The van der Waals surface area contributed by atoms with Gasteiger partial charge < -0.3 is 0 Å². The third-order valence-corrected chi connectivity index (χ3v) is 4.61. The van der Waals surface area contributed by atoms with E-state index in [2.05, 4.69) is 10.3 Å². The highest BCUT2D eigenvalue weighted by Crippen LogP contribution is 2.31. The molecule has 1 N–H and O–H groups in total. The first-order valence-corrected chi connectivity index (χ1v) is 8.40. The average Bonchev–Trinajstić information content (AvgIpc) is 3.06. The van der Waals surface area contributed by atoms with Crippen molar-refractivity contribution in [2.24, 2.45) is 0 Å². The number of nitrogens with one attached hydrogen (secondary N) is 1. The monoisotopic (exact) mass is 367 g/mol. The lowest BCUT2D eigenvalue weighted by atomic mass is 10.1. The zero-order valence-corrected chi connectivity index (χ0v) is 14.4. The zero-order valence-electron chi connectivity index (χ0n) is 13.6. The first kappa shape index (κ1) is 17.4. The van der Waals surface area contributed by atoms with E-state index >= 15 is 0 Å². The van der Waals surface area contributed by atoms with Crippen LogP contribution in [-0.4, -0.2) is 21.6 Å². The van der Waals surface area contributed by atoms with Crippen LogP contribution in [0.3, 0.4) is 0 Å². The molecule has 1 heterocycles. The van der Waals surface area contributed by atoms with Crippen LogP contribution in [-0.2, 0) is 0 Å². The Balaban J connectivity index is 1.91. The Morgan fingerprint density at radius 3 is 2.50 bits per heavy atom. The van der Waals surface area contributed by atoms with Gasteiger partial charge in [-0.15, -0.1) is 0 Å². The van der Waals surface area contributed by atoms with Gasteiger partial charge in [-0.1, -0.05) is 47.7 Å². The molecular formula is C18H13N3O4S. The second-order valence-corrected chi connectivity index (χ2v) is 6.38. The minimum atomic E-state index is -0.568. The van der Waals surface area contributed by atoms with Gasteiger partial charge in [-0.3, -0.25) is 25.0 Å². The molecule has 0 spiro atoms. The maximum absolute atomic E-state index is 12.4. The molecule has 0 aliphatic heterocycles. The fourth-order valence-corrected chi connectivity index (χ4v) is 3.21. The van der Waals surface area contributed by atoms with Crippen molar-refractivity contribution in [2.75, 3.05) is 5.32 Å². The quantitative estimate of drug-likeness (QED) is 0.414. The van der Waals surface area contributed by atoms with Crippen molar-refractivity contribution in [3.05, 3.63) is 75.2 Å². The molecule has 130 valence electrons. The van der Waals surface area contributed by atoms with Gasteiger partial charge in [0.15, 0.2) is 10.9 Å². The lowest BCUT2D eigenvalue weighted by Crippen LogP contribution is -2.11. The summed E-state index contributed by atoms with van der Waals surface area (Å²) < 4.78 is 0. The molecule has 0 saturated carbocycles. The second kappa shape index (κ2) is 7.24. The van der Waals surface area contributed by atoms with E-state index in [-0.39, 0.29) is 22.2 Å². The summed E-state index contributed by atoms with van der Waals surface area (Å²) in [4.78, 5) is 39.3. The van der Waals surface area contributed by atoms with Crippen LogP contribution in [0.15, 0.2) is 54.6 Å². The number of nitro benzene ring substituents is 1. The van der Waals surface area contributed by atoms with Crippen LogP contribution in [0.25, 0.3) is 11.3 Å². The summed E-state index contributed by atoms with van der Waals surface area (Å²) in [5.74, 6) is -0.686. The highest BCUT2D eigenvalue weighted by molar-refractivity contribution is 7.18. The number of thiazole rings is 1. The lowest BCUT2D eigenvalue weighted by Gasteiger charge is -2.01. The molecule has 0 aliphatic rings. The van der Waals surface area contributed by atoms with Crippen LogP contribution in [0.4, 0.5) is 10.8 Å². The summed E-state index contributed by atoms with van der Waals surface area (Å²) >= 11 is 1.07. The smallest absolute Gasteiger partial charge is 0.270 e.